The number of carbonyl (C=O) groups is 1. The summed E-state index contributed by atoms with van der Waals surface area (Å²) < 4.78 is 0. The van der Waals surface area contributed by atoms with Gasteiger partial charge in [-0.2, -0.15) is 0 Å². The van der Waals surface area contributed by atoms with Crippen molar-refractivity contribution in [2.45, 2.75) is 51.1 Å². The van der Waals surface area contributed by atoms with Gasteiger partial charge in [-0.05, 0) is 39.2 Å². The molecule has 1 aliphatic heterocycles. The van der Waals surface area contributed by atoms with E-state index in [2.05, 4.69) is 11.9 Å². The first kappa shape index (κ1) is 9.20. The van der Waals surface area contributed by atoms with Crippen molar-refractivity contribution in [2.24, 2.45) is 5.92 Å². The van der Waals surface area contributed by atoms with Crippen molar-refractivity contribution in [2.75, 3.05) is 7.05 Å². The average molecular weight is 181 g/mol. The number of Topliss-reactive ketones (excluding diaryl/α,β-unsaturated/α-hetero) is 1. The Morgan fingerprint density at radius 1 is 1.31 bits per heavy atom. The molecule has 3 atom stereocenters. The van der Waals surface area contributed by atoms with Gasteiger partial charge in [-0.15, -0.1) is 0 Å². The maximum absolute atomic E-state index is 11.4. The van der Waals surface area contributed by atoms with Gasteiger partial charge in [0.2, 0.25) is 0 Å². The molecule has 0 N–H and O–H groups in total. The Hall–Kier alpha value is -0.370. The molecule has 2 rings (SSSR count). The Morgan fingerprint density at radius 2 is 2.00 bits per heavy atom. The predicted octanol–water partition coefficient (Wildman–Crippen LogP) is 1.84. The summed E-state index contributed by atoms with van der Waals surface area (Å²) in [5, 5.41) is 0. The molecule has 2 aliphatic rings. The Kier molecular flexibility index (Phi) is 2.41. The molecule has 1 saturated heterocycles. The first-order valence-corrected chi connectivity index (χ1v) is 5.42. The van der Waals surface area contributed by atoms with Gasteiger partial charge >= 0.3 is 0 Å². The highest BCUT2D eigenvalue weighted by molar-refractivity contribution is 5.81. The van der Waals surface area contributed by atoms with Crippen LogP contribution in [-0.4, -0.2) is 29.8 Å². The van der Waals surface area contributed by atoms with Gasteiger partial charge < -0.3 is 0 Å². The lowest BCUT2D eigenvalue weighted by Gasteiger charge is -2.30. The number of hydrogen-bond acceptors (Lipinski definition) is 2. The highest BCUT2D eigenvalue weighted by atomic mass is 16.1. The summed E-state index contributed by atoms with van der Waals surface area (Å²) >= 11 is 0. The molecule has 1 aliphatic carbocycles. The van der Waals surface area contributed by atoms with Crippen LogP contribution in [0.15, 0.2) is 0 Å². The van der Waals surface area contributed by atoms with Crippen LogP contribution in [-0.2, 0) is 4.79 Å². The first-order chi connectivity index (χ1) is 6.20. The standard InChI is InChI=1S/C11H19NO/c1-8(13)11-7-9-5-3-4-6-10(9)12(11)2/h9-11H,3-7H2,1-2H3/t9-,10+,11+/m1/s1. The first-order valence-electron chi connectivity index (χ1n) is 5.42. The van der Waals surface area contributed by atoms with Crippen LogP contribution in [0.5, 0.6) is 0 Å². The molecule has 0 aromatic heterocycles. The number of carbonyl (C=O) groups excluding carboxylic acids is 1. The molecule has 2 fully saturated rings. The lowest BCUT2D eigenvalue weighted by atomic mass is 9.84. The van der Waals surface area contributed by atoms with Gasteiger partial charge in [0.1, 0.15) is 5.78 Å². The lowest BCUT2D eigenvalue weighted by molar-refractivity contribution is -0.121. The average Bonchev–Trinajstić information content (AvgIpc) is 2.45. The smallest absolute Gasteiger partial charge is 0.146 e. The van der Waals surface area contributed by atoms with Crippen LogP contribution >= 0.6 is 0 Å². The van der Waals surface area contributed by atoms with E-state index in [9.17, 15) is 4.79 Å². The summed E-state index contributed by atoms with van der Waals surface area (Å²) in [5.41, 5.74) is 0. The highest BCUT2D eigenvalue weighted by Gasteiger charge is 2.41. The Bertz CT molecular complexity index is 214. The monoisotopic (exact) mass is 181 g/mol. The zero-order valence-electron chi connectivity index (χ0n) is 8.62. The lowest BCUT2D eigenvalue weighted by Crippen LogP contribution is -2.38. The predicted molar refractivity (Wildman–Crippen MR) is 52.6 cm³/mol. The fourth-order valence-electron chi connectivity index (χ4n) is 3.14. The van der Waals surface area contributed by atoms with Crippen molar-refractivity contribution < 1.29 is 4.79 Å². The van der Waals surface area contributed by atoms with E-state index in [1.54, 1.807) is 6.92 Å². The summed E-state index contributed by atoms with van der Waals surface area (Å²) in [6.07, 6.45) is 6.51. The molecule has 1 heterocycles. The SMILES string of the molecule is CC(=O)[C@@H]1C[C@H]2CCCC[C@@H]2N1C. The summed E-state index contributed by atoms with van der Waals surface area (Å²) in [7, 11) is 2.13. The zero-order valence-corrected chi connectivity index (χ0v) is 8.62. The summed E-state index contributed by atoms with van der Waals surface area (Å²) in [6.45, 7) is 1.73. The van der Waals surface area contributed by atoms with Crippen LogP contribution in [0.3, 0.4) is 0 Å². The van der Waals surface area contributed by atoms with E-state index < -0.39 is 0 Å². The van der Waals surface area contributed by atoms with Crippen molar-refractivity contribution >= 4 is 5.78 Å². The van der Waals surface area contributed by atoms with E-state index in [0.717, 1.165) is 12.3 Å². The molecule has 0 aromatic rings. The molecular weight excluding hydrogens is 162 g/mol. The quantitative estimate of drug-likeness (QED) is 0.615. The molecule has 2 heteroatoms. The van der Waals surface area contributed by atoms with Crippen LogP contribution in [0.25, 0.3) is 0 Å². The molecule has 74 valence electrons. The number of hydrogen-bond donors (Lipinski definition) is 0. The molecule has 2 nitrogen and oxygen atoms in total. The summed E-state index contributed by atoms with van der Waals surface area (Å²) in [4.78, 5) is 13.7. The van der Waals surface area contributed by atoms with E-state index in [-0.39, 0.29) is 6.04 Å². The molecule has 0 aromatic carbocycles. The normalized spacial score (nSPS) is 40.3. The van der Waals surface area contributed by atoms with Crippen molar-refractivity contribution in [3.05, 3.63) is 0 Å². The zero-order chi connectivity index (χ0) is 9.42. The second-order valence-corrected chi connectivity index (χ2v) is 4.64. The van der Waals surface area contributed by atoms with Gasteiger partial charge in [-0.25, -0.2) is 0 Å². The van der Waals surface area contributed by atoms with Gasteiger partial charge in [0.25, 0.3) is 0 Å². The fourth-order valence-corrected chi connectivity index (χ4v) is 3.14. The van der Waals surface area contributed by atoms with E-state index in [4.69, 9.17) is 0 Å². The van der Waals surface area contributed by atoms with Gasteiger partial charge in [0.05, 0.1) is 6.04 Å². The van der Waals surface area contributed by atoms with Crippen molar-refractivity contribution in [3.8, 4) is 0 Å². The Balaban J connectivity index is 2.09. The van der Waals surface area contributed by atoms with Crippen LogP contribution in [0.2, 0.25) is 0 Å². The Labute approximate surface area is 80.3 Å². The van der Waals surface area contributed by atoms with E-state index in [1.807, 2.05) is 0 Å². The van der Waals surface area contributed by atoms with Crippen LogP contribution < -0.4 is 0 Å². The second kappa shape index (κ2) is 3.41. The summed E-state index contributed by atoms with van der Waals surface area (Å²) in [6, 6.07) is 0.941. The third kappa shape index (κ3) is 1.52. The molecule has 0 amide bonds. The van der Waals surface area contributed by atoms with Gasteiger partial charge in [-0.3, -0.25) is 9.69 Å². The molecule has 0 radical (unpaired) electrons. The Morgan fingerprint density at radius 3 is 2.62 bits per heavy atom. The number of fused-ring (bicyclic) bond motifs is 1. The minimum atomic E-state index is 0.230. The van der Waals surface area contributed by atoms with Crippen molar-refractivity contribution in [1.82, 2.24) is 4.90 Å². The fraction of sp³-hybridized carbons (Fsp3) is 0.909. The van der Waals surface area contributed by atoms with Crippen LogP contribution in [0.1, 0.15) is 39.0 Å². The van der Waals surface area contributed by atoms with Gasteiger partial charge in [-0.1, -0.05) is 12.8 Å². The molecule has 1 saturated carbocycles. The van der Waals surface area contributed by atoms with Crippen molar-refractivity contribution in [3.63, 3.8) is 0 Å². The van der Waals surface area contributed by atoms with Crippen LogP contribution in [0, 0.1) is 5.92 Å². The maximum Gasteiger partial charge on any atom is 0.146 e. The third-order valence-corrected chi connectivity index (χ3v) is 3.88. The second-order valence-electron chi connectivity index (χ2n) is 4.64. The third-order valence-electron chi connectivity index (χ3n) is 3.88. The van der Waals surface area contributed by atoms with Gasteiger partial charge in [0.15, 0.2) is 0 Å². The van der Waals surface area contributed by atoms with E-state index in [1.165, 1.54) is 25.7 Å². The summed E-state index contributed by atoms with van der Waals surface area (Å²) in [5.74, 6) is 1.17. The number of ketones is 1. The van der Waals surface area contributed by atoms with E-state index in [0.29, 0.717) is 11.8 Å². The molecule has 13 heavy (non-hydrogen) atoms. The number of nitrogens with zero attached hydrogens (tertiary/aromatic N) is 1. The van der Waals surface area contributed by atoms with Gasteiger partial charge in [0, 0.05) is 6.04 Å². The molecule has 0 unspecified atom stereocenters. The minimum absolute atomic E-state index is 0.230. The minimum Gasteiger partial charge on any atom is -0.298 e. The van der Waals surface area contributed by atoms with E-state index >= 15 is 0 Å². The van der Waals surface area contributed by atoms with Crippen LogP contribution in [0.4, 0.5) is 0 Å². The number of likely N-dealkylation sites (tertiary alicyclic amines) is 1. The molecule has 0 bridgehead atoms. The van der Waals surface area contributed by atoms with Crippen molar-refractivity contribution in [1.29, 1.82) is 0 Å². The maximum atomic E-state index is 11.4. The molecular formula is C11H19NO. The largest absolute Gasteiger partial charge is 0.298 e. The number of rotatable bonds is 1. The topological polar surface area (TPSA) is 20.3 Å². The molecule has 0 spiro atoms. The highest BCUT2D eigenvalue weighted by Crippen LogP contribution is 2.38. The number of likely N-dealkylation sites (N-methyl/N-ethyl adjacent to an activating group) is 1.